The molecule has 0 aliphatic heterocycles. The molecule has 0 heterocycles. The van der Waals surface area contributed by atoms with E-state index in [1.807, 2.05) is 31.2 Å². The molecule has 3 nitrogen and oxygen atoms in total. The van der Waals surface area contributed by atoms with Crippen LogP contribution in [0.4, 0.5) is 18.9 Å². The lowest BCUT2D eigenvalue weighted by Gasteiger charge is -2.13. The molecule has 3 aromatic carbocycles. The van der Waals surface area contributed by atoms with E-state index >= 15 is 0 Å². The van der Waals surface area contributed by atoms with Crippen LogP contribution in [0.3, 0.4) is 0 Å². The van der Waals surface area contributed by atoms with Gasteiger partial charge in [-0.2, -0.15) is 13.2 Å². The van der Waals surface area contributed by atoms with Gasteiger partial charge in [-0.1, -0.05) is 29.3 Å². The van der Waals surface area contributed by atoms with Gasteiger partial charge < -0.3 is 10.1 Å². The second kappa shape index (κ2) is 9.66. The van der Waals surface area contributed by atoms with Crippen molar-refractivity contribution in [2.45, 2.75) is 23.7 Å². The Hall–Kier alpha value is -2.64. The normalized spacial score (nSPS) is 11.3. The maximum Gasteiger partial charge on any atom is 0.417 e. The average molecular weight is 466 g/mol. The summed E-state index contributed by atoms with van der Waals surface area (Å²) in [4.78, 5) is 13.7. The molecule has 0 atom stereocenters. The van der Waals surface area contributed by atoms with Gasteiger partial charge in [-0.15, -0.1) is 11.8 Å². The molecule has 0 bridgehead atoms. The van der Waals surface area contributed by atoms with Crippen molar-refractivity contribution in [2.24, 2.45) is 0 Å². The summed E-state index contributed by atoms with van der Waals surface area (Å²) in [5, 5.41) is 2.07. The molecule has 0 aromatic heterocycles. The van der Waals surface area contributed by atoms with Gasteiger partial charge in [0.05, 0.1) is 17.7 Å². The highest BCUT2D eigenvalue weighted by Crippen LogP contribution is 2.36. The molecule has 0 aliphatic carbocycles. The third-order valence-corrected chi connectivity index (χ3v) is 5.88. The molecule has 3 aromatic rings. The first-order chi connectivity index (χ1) is 14.7. The number of thioether (sulfide) groups is 1. The van der Waals surface area contributed by atoms with Crippen LogP contribution >= 0.6 is 23.4 Å². The summed E-state index contributed by atoms with van der Waals surface area (Å²) in [5.74, 6) is 0.661. The molecule has 0 unspecified atom stereocenters. The van der Waals surface area contributed by atoms with Crippen LogP contribution in [0.1, 0.15) is 27.0 Å². The Kier molecular flexibility index (Phi) is 7.18. The number of ether oxygens (including phenoxy) is 1. The molecule has 31 heavy (non-hydrogen) atoms. The fourth-order valence-corrected chi connectivity index (χ4v) is 3.95. The molecule has 0 aliphatic rings. The lowest BCUT2D eigenvalue weighted by atomic mass is 10.1. The van der Waals surface area contributed by atoms with E-state index < -0.39 is 22.7 Å². The summed E-state index contributed by atoms with van der Waals surface area (Å²) >= 11 is 7.22. The van der Waals surface area contributed by atoms with E-state index in [4.69, 9.17) is 16.3 Å². The third kappa shape index (κ3) is 5.95. The molecular formula is C23H19ClF3NO2S. The van der Waals surface area contributed by atoms with E-state index in [2.05, 4.69) is 5.32 Å². The van der Waals surface area contributed by atoms with Crippen molar-refractivity contribution in [3.05, 3.63) is 87.9 Å². The summed E-state index contributed by atoms with van der Waals surface area (Å²) in [6.07, 6.45) is -4.61. The van der Waals surface area contributed by atoms with E-state index in [1.54, 1.807) is 37.1 Å². The molecule has 0 radical (unpaired) electrons. The Morgan fingerprint density at radius 3 is 2.42 bits per heavy atom. The van der Waals surface area contributed by atoms with Crippen LogP contribution in [0.25, 0.3) is 0 Å². The van der Waals surface area contributed by atoms with E-state index in [-0.39, 0.29) is 5.69 Å². The van der Waals surface area contributed by atoms with Crippen LogP contribution < -0.4 is 10.1 Å². The Balaban J connectivity index is 1.78. The molecule has 162 valence electrons. The quantitative estimate of drug-likeness (QED) is 0.390. The summed E-state index contributed by atoms with van der Waals surface area (Å²) in [6, 6.07) is 16.2. The highest BCUT2D eigenvalue weighted by atomic mass is 35.5. The smallest absolute Gasteiger partial charge is 0.417 e. The van der Waals surface area contributed by atoms with Crippen molar-refractivity contribution in [2.75, 3.05) is 12.4 Å². The van der Waals surface area contributed by atoms with E-state index in [0.29, 0.717) is 17.1 Å². The largest absolute Gasteiger partial charge is 0.496 e. The molecule has 8 heteroatoms. The number of carbonyl (C=O) groups excluding carboxylic acids is 1. The maximum atomic E-state index is 13.1. The fourth-order valence-electron chi connectivity index (χ4n) is 2.85. The number of alkyl halides is 3. The topological polar surface area (TPSA) is 38.3 Å². The molecule has 0 spiro atoms. The summed E-state index contributed by atoms with van der Waals surface area (Å²) < 4.78 is 44.6. The maximum absolute atomic E-state index is 13.1. The summed E-state index contributed by atoms with van der Waals surface area (Å²) in [7, 11) is 1.54. The highest BCUT2D eigenvalue weighted by Gasteiger charge is 2.33. The van der Waals surface area contributed by atoms with E-state index in [9.17, 15) is 18.0 Å². The average Bonchev–Trinajstić information content (AvgIpc) is 2.73. The number of hydrogen-bond donors (Lipinski definition) is 1. The monoisotopic (exact) mass is 465 g/mol. The Labute approximate surface area is 187 Å². The third-order valence-electron chi connectivity index (χ3n) is 4.49. The van der Waals surface area contributed by atoms with Gasteiger partial charge in [0.1, 0.15) is 5.75 Å². The van der Waals surface area contributed by atoms with E-state index in [0.717, 1.165) is 28.2 Å². The van der Waals surface area contributed by atoms with Crippen molar-refractivity contribution in [1.82, 2.24) is 0 Å². The van der Waals surface area contributed by atoms with Crippen LogP contribution in [0.5, 0.6) is 5.75 Å². The predicted molar refractivity (Wildman–Crippen MR) is 118 cm³/mol. The predicted octanol–water partition coefficient (Wildman–Crippen LogP) is 7.22. The van der Waals surface area contributed by atoms with E-state index in [1.165, 1.54) is 6.07 Å². The first kappa shape index (κ1) is 23.0. The van der Waals surface area contributed by atoms with Gasteiger partial charge in [0.15, 0.2) is 0 Å². The molecular weight excluding hydrogens is 447 g/mol. The number of carbonyl (C=O) groups is 1. The van der Waals surface area contributed by atoms with Crippen molar-refractivity contribution < 1.29 is 22.7 Å². The van der Waals surface area contributed by atoms with Gasteiger partial charge in [-0.3, -0.25) is 4.79 Å². The molecule has 1 N–H and O–H groups in total. The lowest BCUT2D eigenvalue weighted by Crippen LogP contribution is -2.14. The number of hydrogen-bond acceptors (Lipinski definition) is 3. The summed E-state index contributed by atoms with van der Waals surface area (Å²) in [6.45, 7) is 2.01. The van der Waals surface area contributed by atoms with Gasteiger partial charge in [0.2, 0.25) is 0 Å². The Morgan fingerprint density at radius 2 is 1.77 bits per heavy atom. The lowest BCUT2D eigenvalue weighted by molar-refractivity contribution is -0.137. The molecule has 0 fully saturated rings. The second-order valence-electron chi connectivity index (χ2n) is 6.77. The SMILES string of the molecule is COc1ccc(C(=O)Nc2ccc(Cl)c(C(F)(F)F)c2)cc1CSc1ccc(C)cc1. The summed E-state index contributed by atoms with van der Waals surface area (Å²) in [5.41, 5.74) is 1.28. The van der Waals surface area contributed by atoms with Crippen LogP contribution in [-0.4, -0.2) is 13.0 Å². The van der Waals surface area contributed by atoms with Gasteiger partial charge >= 0.3 is 6.18 Å². The zero-order valence-corrected chi connectivity index (χ0v) is 18.3. The number of rotatable bonds is 6. The molecule has 0 saturated carbocycles. The molecule has 1 amide bonds. The zero-order valence-electron chi connectivity index (χ0n) is 16.7. The number of anilines is 1. The van der Waals surface area contributed by atoms with Gasteiger partial charge in [0, 0.05) is 27.5 Å². The number of amides is 1. The number of methoxy groups -OCH3 is 1. The van der Waals surface area contributed by atoms with Crippen molar-refractivity contribution in [3.63, 3.8) is 0 Å². The number of halogens is 4. The van der Waals surface area contributed by atoms with Crippen molar-refractivity contribution in [1.29, 1.82) is 0 Å². The van der Waals surface area contributed by atoms with Crippen LogP contribution in [0.2, 0.25) is 5.02 Å². The number of nitrogens with one attached hydrogen (secondary N) is 1. The number of benzene rings is 3. The van der Waals surface area contributed by atoms with Crippen molar-refractivity contribution >= 4 is 35.0 Å². The Morgan fingerprint density at radius 1 is 1.06 bits per heavy atom. The van der Waals surface area contributed by atoms with Crippen LogP contribution in [0, 0.1) is 6.92 Å². The minimum absolute atomic E-state index is 0.00752. The van der Waals surface area contributed by atoms with Crippen LogP contribution in [-0.2, 0) is 11.9 Å². The first-order valence-electron chi connectivity index (χ1n) is 9.22. The van der Waals surface area contributed by atoms with Gasteiger partial charge in [-0.05, 0) is 55.5 Å². The van der Waals surface area contributed by atoms with Gasteiger partial charge in [0.25, 0.3) is 5.91 Å². The molecule has 3 rings (SSSR count). The standard InChI is InChI=1S/C23H19ClF3NO2S/c1-14-3-7-18(8-4-14)31-13-16-11-15(5-10-21(16)30-2)22(29)28-17-6-9-20(24)19(12-17)23(25,26)27/h3-12H,13H2,1-2H3,(H,28,29). The van der Waals surface area contributed by atoms with Crippen LogP contribution in [0.15, 0.2) is 65.6 Å². The van der Waals surface area contributed by atoms with Crippen molar-refractivity contribution in [3.8, 4) is 5.75 Å². The fraction of sp³-hybridized carbons (Fsp3) is 0.174. The minimum atomic E-state index is -4.61. The Bertz CT molecular complexity index is 1090. The first-order valence-corrected chi connectivity index (χ1v) is 10.6. The van der Waals surface area contributed by atoms with Gasteiger partial charge in [-0.25, -0.2) is 0 Å². The zero-order chi connectivity index (χ0) is 22.6. The second-order valence-corrected chi connectivity index (χ2v) is 8.23. The minimum Gasteiger partial charge on any atom is -0.496 e. The number of aryl methyl sites for hydroxylation is 1. The highest BCUT2D eigenvalue weighted by molar-refractivity contribution is 7.98. The molecule has 0 saturated heterocycles.